The monoisotopic (exact) mass is 432 g/mol. The zero-order chi connectivity index (χ0) is 23.2. The van der Waals surface area contributed by atoms with Crippen LogP contribution in [0.3, 0.4) is 0 Å². The lowest BCUT2D eigenvalue weighted by Gasteiger charge is -2.29. The van der Waals surface area contributed by atoms with E-state index in [1.165, 1.54) is 0 Å². The van der Waals surface area contributed by atoms with E-state index in [4.69, 9.17) is 9.97 Å². The summed E-state index contributed by atoms with van der Waals surface area (Å²) in [6, 6.07) is 18.2. The lowest BCUT2D eigenvalue weighted by atomic mass is 9.89. The van der Waals surface area contributed by atoms with Crippen LogP contribution in [-0.2, 0) is 5.41 Å². The van der Waals surface area contributed by atoms with Crippen molar-refractivity contribution in [2.75, 3.05) is 16.0 Å². The molecule has 1 aromatic heterocycles. The quantitative estimate of drug-likeness (QED) is 0.319. The van der Waals surface area contributed by atoms with E-state index >= 15 is 0 Å². The second kappa shape index (κ2) is 9.98. The smallest absolute Gasteiger partial charge is 0.232 e. The maximum absolute atomic E-state index is 4.76. The van der Waals surface area contributed by atoms with Crippen molar-refractivity contribution >= 4 is 29.0 Å². The molecular weight excluding hydrogens is 396 g/mol. The largest absolute Gasteiger partial charge is 0.380 e. The zero-order valence-corrected chi connectivity index (χ0v) is 20.2. The Balaban J connectivity index is 1.91. The topological polar surface area (TPSA) is 74.8 Å². The van der Waals surface area contributed by atoms with Gasteiger partial charge in [-0.15, -0.1) is 0 Å². The van der Waals surface area contributed by atoms with Crippen molar-refractivity contribution in [3.05, 3.63) is 60.4 Å². The number of rotatable bonds is 10. The molecule has 0 fully saturated rings. The minimum atomic E-state index is -0.167. The van der Waals surface area contributed by atoms with Gasteiger partial charge in [-0.2, -0.15) is 15.0 Å². The predicted octanol–water partition coefficient (Wildman–Crippen LogP) is 7.04. The highest BCUT2D eigenvalue weighted by atomic mass is 15.2. The Labute approximate surface area is 192 Å². The van der Waals surface area contributed by atoms with E-state index in [9.17, 15) is 0 Å². The van der Waals surface area contributed by atoms with Crippen molar-refractivity contribution in [1.82, 2.24) is 15.0 Å². The molecule has 0 spiro atoms. The summed E-state index contributed by atoms with van der Waals surface area (Å²) in [6.45, 7) is 13.1. The van der Waals surface area contributed by atoms with Gasteiger partial charge in [0.25, 0.3) is 0 Å². The minimum absolute atomic E-state index is 0.0664. The van der Waals surface area contributed by atoms with E-state index in [1.54, 1.807) is 0 Å². The molecule has 0 radical (unpaired) electrons. The Kier molecular flexibility index (Phi) is 7.33. The van der Waals surface area contributed by atoms with Crippen LogP contribution in [0.1, 0.15) is 66.6 Å². The maximum Gasteiger partial charge on any atom is 0.232 e. The van der Waals surface area contributed by atoms with Crippen molar-refractivity contribution in [3.8, 4) is 0 Å². The lowest BCUT2D eigenvalue weighted by Crippen LogP contribution is -2.32. The van der Waals surface area contributed by atoms with Gasteiger partial charge < -0.3 is 16.0 Å². The molecule has 170 valence electrons. The van der Waals surface area contributed by atoms with Gasteiger partial charge in [-0.25, -0.2) is 0 Å². The van der Waals surface area contributed by atoms with Crippen LogP contribution in [0.15, 0.2) is 54.6 Å². The number of hydrogen-bond donors (Lipinski definition) is 3. The van der Waals surface area contributed by atoms with Crippen LogP contribution >= 0.6 is 0 Å². The second-order valence-electron chi connectivity index (χ2n) is 9.13. The number of hydrogen-bond acceptors (Lipinski definition) is 6. The van der Waals surface area contributed by atoms with Gasteiger partial charge >= 0.3 is 0 Å². The molecule has 32 heavy (non-hydrogen) atoms. The molecule has 0 saturated heterocycles. The summed E-state index contributed by atoms with van der Waals surface area (Å²) >= 11 is 0. The Morgan fingerprint density at radius 3 is 1.81 bits per heavy atom. The number of para-hydroxylation sites is 1. The highest BCUT2D eigenvalue weighted by Crippen LogP contribution is 2.28. The van der Waals surface area contributed by atoms with Crippen LogP contribution in [-0.4, -0.2) is 20.5 Å². The third kappa shape index (κ3) is 5.96. The summed E-state index contributed by atoms with van der Waals surface area (Å²) in [5, 5.41) is 10.4. The van der Waals surface area contributed by atoms with Crippen LogP contribution in [0.5, 0.6) is 0 Å². The number of anilines is 5. The third-order valence-corrected chi connectivity index (χ3v) is 6.28. The molecule has 0 saturated carbocycles. The molecule has 0 aliphatic rings. The summed E-state index contributed by atoms with van der Waals surface area (Å²) in [5.74, 6) is 1.82. The molecule has 0 bridgehead atoms. The molecule has 3 aromatic rings. The SMILES string of the molecule is CCC(C)(CC)Nc1cccc(Nc2nc(Nc3ccccc3)nc(C(C)(C)CC)n2)c1. The Morgan fingerprint density at radius 2 is 1.22 bits per heavy atom. The van der Waals surface area contributed by atoms with E-state index < -0.39 is 0 Å². The average molecular weight is 433 g/mol. The first-order valence-corrected chi connectivity index (χ1v) is 11.5. The van der Waals surface area contributed by atoms with Crippen molar-refractivity contribution in [2.45, 2.75) is 71.8 Å². The van der Waals surface area contributed by atoms with Gasteiger partial charge in [0, 0.05) is 28.0 Å². The molecule has 6 heteroatoms. The normalized spacial score (nSPS) is 11.8. The van der Waals surface area contributed by atoms with Crippen LogP contribution in [0.2, 0.25) is 0 Å². The molecule has 0 aliphatic heterocycles. The number of nitrogens with one attached hydrogen (secondary N) is 3. The van der Waals surface area contributed by atoms with Crippen molar-refractivity contribution in [1.29, 1.82) is 0 Å². The lowest BCUT2D eigenvalue weighted by molar-refractivity contribution is 0.472. The Morgan fingerprint density at radius 1 is 0.656 bits per heavy atom. The fraction of sp³-hybridized carbons (Fsp3) is 0.423. The standard InChI is InChI=1S/C26H36N6/c1-7-25(4,5)22-29-23(27-19-14-11-10-12-15-19)31-24(30-22)28-20-16-13-17-21(18-20)32-26(6,8-2)9-3/h10-18,32H,7-9H2,1-6H3,(H2,27,28,29,30,31). The highest BCUT2D eigenvalue weighted by Gasteiger charge is 2.24. The van der Waals surface area contributed by atoms with Gasteiger partial charge in [0.2, 0.25) is 11.9 Å². The van der Waals surface area contributed by atoms with Crippen molar-refractivity contribution in [3.63, 3.8) is 0 Å². The first-order chi connectivity index (χ1) is 15.3. The Bertz CT molecular complexity index is 1010. The molecule has 0 atom stereocenters. The molecular formula is C26H36N6. The van der Waals surface area contributed by atoms with Gasteiger partial charge in [-0.3, -0.25) is 0 Å². The zero-order valence-electron chi connectivity index (χ0n) is 20.2. The summed E-state index contributed by atoms with van der Waals surface area (Å²) in [4.78, 5) is 14.1. The van der Waals surface area contributed by atoms with Crippen LogP contribution in [0.25, 0.3) is 0 Å². The summed E-state index contributed by atoms with van der Waals surface area (Å²) in [6.07, 6.45) is 3.03. The van der Waals surface area contributed by atoms with Crippen LogP contribution in [0.4, 0.5) is 29.0 Å². The molecule has 3 rings (SSSR count). The molecule has 3 N–H and O–H groups in total. The maximum atomic E-state index is 4.76. The summed E-state index contributed by atoms with van der Waals surface area (Å²) in [7, 11) is 0. The molecule has 2 aromatic carbocycles. The molecule has 6 nitrogen and oxygen atoms in total. The fourth-order valence-corrected chi connectivity index (χ4v) is 3.18. The van der Waals surface area contributed by atoms with E-state index in [0.717, 1.165) is 42.1 Å². The second-order valence-corrected chi connectivity index (χ2v) is 9.13. The first kappa shape index (κ1) is 23.5. The van der Waals surface area contributed by atoms with Gasteiger partial charge in [0.15, 0.2) is 0 Å². The predicted molar refractivity (Wildman–Crippen MR) is 135 cm³/mol. The van der Waals surface area contributed by atoms with Crippen LogP contribution < -0.4 is 16.0 Å². The minimum Gasteiger partial charge on any atom is -0.380 e. The van der Waals surface area contributed by atoms with Crippen molar-refractivity contribution < 1.29 is 0 Å². The summed E-state index contributed by atoms with van der Waals surface area (Å²) in [5.41, 5.74) is 2.85. The third-order valence-electron chi connectivity index (χ3n) is 6.28. The first-order valence-electron chi connectivity index (χ1n) is 11.5. The average Bonchev–Trinajstić information content (AvgIpc) is 2.79. The molecule has 0 unspecified atom stereocenters. The number of nitrogens with zero attached hydrogens (tertiary/aromatic N) is 3. The van der Waals surface area contributed by atoms with Crippen LogP contribution in [0, 0.1) is 0 Å². The van der Waals surface area contributed by atoms with E-state index in [-0.39, 0.29) is 11.0 Å². The van der Waals surface area contributed by atoms with Gasteiger partial charge in [-0.05, 0) is 56.5 Å². The van der Waals surface area contributed by atoms with E-state index in [2.05, 4.69) is 74.6 Å². The Hall–Kier alpha value is -3.15. The van der Waals surface area contributed by atoms with E-state index in [0.29, 0.717) is 11.9 Å². The van der Waals surface area contributed by atoms with Gasteiger partial charge in [-0.1, -0.05) is 58.9 Å². The highest BCUT2D eigenvalue weighted by molar-refractivity contribution is 5.63. The van der Waals surface area contributed by atoms with Gasteiger partial charge in [0.1, 0.15) is 5.82 Å². The molecule has 0 amide bonds. The van der Waals surface area contributed by atoms with Gasteiger partial charge in [0.05, 0.1) is 0 Å². The molecule has 1 heterocycles. The van der Waals surface area contributed by atoms with Crippen molar-refractivity contribution in [2.24, 2.45) is 0 Å². The fourth-order valence-electron chi connectivity index (χ4n) is 3.18. The summed E-state index contributed by atoms with van der Waals surface area (Å²) < 4.78 is 0. The van der Waals surface area contributed by atoms with E-state index in [1.807, 2.05) is 42.5 Å². The number of aromatic nitrogens is 3. The number of benzene rings is 2. The molecule has 0 aliphatic carbocycles.